The van der Waals surface area contributed by atoms with Gasteiger partial charge in [-0.2, -0.15) is 0 Å². The van der Waals surface area contributed by atoms with Crippen LogP contribution in [0.1, 0.15) is 24.0 Å². The maximum absolute atomic E-state index is 10.9. The van der Waals surface area contributed by atoms with Crippen molar-refractivity contribution in [1.29, 1.82) is 0 Å². The molecule has 1 amide bonds. The molecular formula is C14H22N4O. The van der Waals surface area contributed by atoms with Gasteiger partial charge in [0.2, 0.25) is 5.91 Å². The van der Waals surface area contributed by atoms with Gasteiger partial charge in [-0.1, -0.05) is 0 Å². The van der Waals surface area contributed by atoms with Crippen LogP contribution in [-0.2, 0) is 11.3 Å². The van der Waals surface area contributed by atoms with Crippen molar-refractivity contribution in [3.05, 3.63) is 29.6 Å². The summed E-state index contributed by atoms with van der Waals surface area (Å²) in [6.45, 7) is 5.22. The van der Waals surface area contributed by atoms with E-state index < -0.39 is 0 Å². The largest absolute Gasteiger partial charge is 0.369 e. The number of nitrogens with two attached hydrogens (primary N) is 1. The third kappa shape index (κ3) is 4.29. The van der Waals surface area contributed by atoms with Crippen LogP contribution in [0.15, 0.2) is 18.5 Å². The third-order valence-electron chi connectivity index (χ3n) is 3.70. The molecule has 0 bridgehead atoms. The lowest BCUT2D eigenvalue weighted by Gasteiger charge is -2.31. The fourth-order valence-electron chi connectivity index (χ4n) is 2.45. The quantitative estimate of drug-likeness (QED) is 0.807. The lowest BCUT2D eigenvalue weighted by molar-refractivity contribution is -0.119. The van der Waals surface area contributed by atoms with E-state index in [0.717, 1.165) is 32.5 Å². The van der Waals surface area contributed by atoms with Crippen molar-refractivity contribution >= 4 is 5.91 Å². The van der Waals surface area contributed by atoms with Gasteiger partial charge in [0, 0.05) is 38.1 Å². The summed E-state index contributed by atoms with van der Waals surface area (Å²) < 4.78 is 0. The Kier molecular flexibility index (Phi) is 4.87. The minimum atomic E-state index is -0.239. The Bertz CT molecular complexity index is 427. The topological polar surface area (TPSA) is 71.2 Å². The molecule has 1 aromatic heterocycles. The zero-order valence-corrected chi connectivity index (χ0v) is 11.4. The molecule has 19 heavy (non-hydrogen) atoms. The predicted octanol–water partition coefficient (Wildman–Crippen LogP) is 0.429. The average molecular weight is 262 g/mol. The molecule has 2 heterocycles. The minimum absolute atomic E-state index is 0.239. The second-order valence-corrected chi connectivity index (χ2v) is 5.20. The van der Waals surface area contributed by atoms with Crippen molar-refractivity contribution in [3.63, 3.8) is 0 Å². The summed E-state index contributed by atoms with van der Waals surface area (Å²) in [5.41, 5.74) is 7.73. The van der Waals surface area contributed by atoms with E-state index >= 15 is 0 Å². The first-order valence-electron chi connectivity index (χ1n) is 6.78. The second-order valence-electron chi connectivity index (χ2n) is 5.20. The average Bonchev–Trinajstić information content (AvgIpc) is 2.39. The summed E-state index contributed by atoms with van der Waals surface area (Å²) in [5, 5.41) is 3.57. The molecule has 5 nitrogen and oxygen atoms in total. The summed E-state index contributed by atoms with van der Waals surface area (Å²) in [6.07, 6.45) is 5.87. The molecule has 1 aliphatic rings. The maximum atomic E-state index is 10.9. The van der Waals surface area contributed by atoms with Crippen LogP contribution in [-0.4, -0.2) is 41.5 Å². The SMILES string of the molecule is Cc1ccncc1CNC1CCN(CC(N)=O)CC1. The van der Waals surface area contributed by atoms with Crippen molar-refractivity contribution in [2.24, 2.45) is 5.73 Å². The predicted molar refractivity (Wildman–Crippen MR) is 74.5 cm³/mol. The Hall–Kier alpha value is -1.46. The Morgan fingerprint density at radius 2 is 2.26 bits per heavy atom. The van der Waals surface area contributed by atoms with Crippen LogP contribution in [0.5, 0.6) is 0 Å². The van der Waals surface area contributed by atoms with Crippen LogP contribution in [0.3, 0.4) is 0 Å². The van der Waals surface area contributed by atoms with E-state index in [1.54, 1.807) is 0 Å². The number of pyridine rings is 1. The lowest BCUT2D eigenvalue weighted by Crippen LogP contribution is -2.45. The van der Waals surface area contributed by atoms with E-state index in [-0.39, 0.29) is 5.91 Å². The molecule has 0 atom stereocenters. The number of aryl methyl sites for hydroxylation is 1. The molecule has 0 spiro atoms. The van der Waals surface area contributed by atoms with Gasteiger partial charge in [0.25, 0.3) is 0 Å². The molecule has 0 unspecified atom stereocenters. The number of primary amides is 1. The van der Waals surface area contributed by atoms with Gasteiger partial charge in [-0.15, -0.1) is 0 Å². The van der Waals surface area contributed by atoms with E-state index in [9.17, 15) is 4.79 Å². The van der Waals surface area contributed by atoms with Crippen LogP contribution in [0.25, 0.3) is 0 Å². The van der Waals surface area contributed by atoms with Gasteiger partial charge < -0.3 is 11.1 Å². The molecule has 1 aliphatic heterocycles. The summed E-state index contributed by atoms with van der Waals surface area (Å²) in [7, 11) is 0. The highest BCUT2D eigenvalue weighted by Crippen LogP contribution is 2.11. The van der Waals surface area contributed by atoms with E-state index in [2.05, 4.69) is 22.1 Å². The molecule has 0 saturated carbocycles. The first kappa shape index (κ1) is 14.0. The molecule has 1 fully saturated rings. The van der Waals surface area contributed by atoms with Gasteiger partial charge in [-0.25, -0.2) is 0 Å². The van der Waals surface area contributed by atoms with Crippen LogP contribution in [0, 0.1) is 6.92 Å². The second kappa shape index (κ2) is 6.63. The zero-order valence-electron chi connectivity index (χ0n) is 11.4. The first-order valence-corrected chi connectivity index (χ1v) is 6.78. The number of hydrogen-bond acceptors (Lipinski definition) is 4. The highest BCUT2D eigenvalue weighted by molar-refractivity contribution is 5.75. The number of nitrogens with zero attached hydrogens (tertiary/aromatic N) is 2. The number of carbonyl (C=O) groups is 1. The molecular weight excluding hydrogens is 240 g/mol. The number of nitrogens with one attached hydrogen (secondary N) is 1. The smallest absolute Gasteiger partial charge is 0.231 e. The van der Waals surface area contributed by atoms with Crippen LogP contribution in [0.2, 0.25) is 0 Å². The zero-order chi connectivity index (χ0) is 13.7. The minimum Gasteiger partial charge on any atom is -0.369 e. The molecule has 0 radical (unpaired) electrons. The number of aromatic nitrogens is 1. The van der Waals surface area contributed by atoms with Crippen molar-refractivity contribution in [3.8, 4) is 0 Å². The number of amides is 1. The van der Waals surface area contributed by atoms with Gasteiger partial charge in [0.05, 0.1) is 6.54 Å². The van der Waals surface area contributed by atoms with E-state index in [4.69, 9.17) is 5.73 Å². The normalized spacial score (nSPS) is 17.5. The summed E-state index contributed by atoms with van der Waals surface area (Å²) in [5.74, 6) is -0.239. The van der Waals surface area contributed by atoms with Gasteiger partial charge in [-0.3, -0.25) is 14.7 Å². The molecule has 1 saturated heterocycles. The number of rotatable bonds is 5. The summed E-state index contributed by atoms with van der Waals surface area (Å²) in [6, 6.07) is 2.55. The van der Waals surface area contributed by atoms with Gasteiger partial charge in [0.1, 0.15) is 0 Å². The first-order chi connectivity index (χ1) is 9.15. The number of likely N-dealkylation sites (tertiary alicyclic amines) is 1. The summed E-state index contributed by atoms with van der Waals surface area (Å²) in [4.78, 5) is 17.1. The molecule has 5 heteroatoms. The Morgan fingerprint density at radius 3 is 2.89 bits per heavy atom. The fourth-order valence-corrected chi connectivity index (χ4v) is 2.45. The van der Waals surface area contributed by atoms with Crippen LogP contribution in [0.4, 0.5) is 0 Å². The lowest BCUT2D eigenvalue weighted by atomic mass is 10.0. The molecule has 104 valence electrons. The van der Waals surface area contributed by atoms with Crippen LogP contribution >= 0.6 is 0 Å². The monoisotopic (exact) mass is 262 g/mol. The molecule has 0 aromatic carbocycles. The molecule has 0 aliphatic carbocycles. The standard InChI is InChI=1S/C14H22N4O/c1-11-2-5-16-8-12(11)9-17-13-3-6-18(7-4-13)10-14(15)19/h2,5,8,13,17H,3-4,6-7,9-10H2,1H3,(H2,15,19). The number of carbonyl (C=O) groups excluding carboxylic acids is 1. The molecule has 1 aromatic rings. The Balaban J connectivity index is 1.74. The highest BCUT2D eigenvalue weighted by Gasteiger charge is 2.19. The molecule has 3 N–H and O–H groups in total. The van der Waals surface area contributed by atoms with Gasteiger partial charge in [0.15, 0.2) is 0 Å². The Morgan fingerprint density at radius 1 is 1.53 bits per heavy atom. The van der Waals surface area contributed by atoms with E-state index in [1.165, 1.54) is 11.1 Å². The van der Waals surface area contributed by atoms with Crippen molar-refractivity contribution < 1.29 is 4.79 Å². The number of piperidine rings is 1. The van der Waals surface area contributed by atoms with Gasteiger partial charge in [-0.05, 0) is 37.0 Å². The van der Waals surface area contributed by atoms with Crippen molar-refractivity contribution in [2.45, 2.75) is 32.4 Å². The van der Waals surface area contributed by atoms with Crippen molar-refractivity contribution in [1.82, 2.24) is 15.2 Å². The van der Waals surface area contributed by atoms with E-state index in [0.29, 0.717) is 12.6 Å². The Labute approximate surface area is 114 Å². The fraction of sp³-hybridized carbons (Fsp3) is 0.571. The van der Waals surface area contributed by atoms with Gasteiger partial charge >= 0.3 is 0 Å². The van der Waals surface area contributed by atoms with E-state index in [1.807, 2.05) is 18.5 Å². The van der Waals surface area contributed by atoms with Crippen LogP contribution < -0.4 is 11.1 Å². The number of hydrogen-bond donors (Lipinski definition) is 2. The summed E-state index contributed by atoms with van der Waals surface area (Å²) >= 11 is 0. The molecule has 2 rings (SSSR count). The van der Waals surface area contributed by atoms with Crippen molar-refractivity contribution in [2.75, 3.05) is 19.6 Å². The third-order valence-corrected chi connectivity index (χ3v) is 3.70. The highest BCUT2D eigenvalue weighted by atomic mass is 16.1. The maximum Gasteiger partial charge on any atom is 0.231 e.